The molecule has 0 saturated carbocycles. The van der Waals surface area contributed by atoms with Gasteiger partial charge in [-0.05, 0) is 63.0 Å². The first-order valence-electron chi connectivity index (χ1n) is 6.62. The summed E-state index contributed by atoms with van der Waals surface area (Å²) in [5.74, 6) is 1.87. The van der Waals surface area contributed by atoms with E-state index in [9.17, 15) is 4.79 Å². The van der Waals surface area contributed by atoms with E-state index in [1.807, 2.05) is 18.2 Å². The van der Waals surface area contributed by atoms with Crippen molar-refractivity contribution in [2.75, 3.05) is 0 Å². The number of nitrogens with zero attached hydrogens (tertiary/aromatic N) is 1. The molecule has 0 radical (unpaired) electrons. The van der Waals surface area contributed by atoms with Gasteiger partial charge >= 0.3 is 0 Å². The highest BCUT2D eigenvalue weighted by Crippen LogP contribution is 2.28. The lowest BCUT2D eigenvalue weighted by molar-refractivity contribution is 0.627. The van der Waals surface area contributed by atoms with Crippen LogP contribution in [0.4, 0.5) is 0 Å². The number of aromatic nitrogens is 2. The Morgan fingerprint density at radius 1 is 1.38 bits per heavy atom. The Morgan fingerprint density at radius 3 is 2.76 bits per heavy atom. The number of hydrogen-bond donors (Lipinski definition) is 1. The van der Waals surface area contributed by atoms with Crippen molar-refractivity contribution < 1.29 is 0 Å². The number of hydrogen-bond acceptors (Lipinski definition) is 3. The van der Waals surface area contributed by atoms with Crippen molar-refractivity contribution in [3.8, 4) is 0 Å². The van der Waals surface area contributed by atoms with Crippen molar-refractivity contribution in [1.29, 1.82) is 0 Å². The zero-order valence-electron chi connectivity index (χ0n) is 11.8. The third-order valence-electron chi connectivity index (χ3n) is 2.78. The normalized spacial score (nSPS) is 11.1. The van der Waals surface area contributed by atoms with E-state index in [0.717, 1.165) is 27.3 Å². The van der Waals surface area contributed by atoms with E-state index >= 15 is 0 Å². The Hall–Kier alpha value is -0.340. The van der Waals surface area contributed by atoms with Crippen molar-refractivity contribution in [1.82, 2.24) is 9.97 Å². The lowest BCUT2D eigenvalue weighted by Crippen LogP contribution is -2.18. The van der Waals surface area contributed by atoms with Gasteiger partial charge in [0, 0.05) is 9.37 Å². The topological polar surface area (TPSA) is 45.8 Å². The van der Waals surface area contributed by atoms with Gasteiger partial charge in [0.25, 0.3) is 5.56 Å². The summed E-state index contributed by atoms with van der Waals surface area (Å²) in [7, 11) is 0. The molecule has 21 heavy (non-hydrogen) atoms. The Bertz CT molecular complexity index is 688. The maximum absolute atomic E-state index is 12.0. The number of nitrogens with one attached hydrogen (secondary N) is 1. The van der Waals surface area contributed by atoms with Gasteiger partial charge in [-0.1, -0.05) is 26.0 Å². The molecule has 0 spiro atoms. The molecule has 0 amide bonds. The smallest absolute Gasteiger partial charge is 0.264 e. The molecule has 3 nitrogen and oxygen atoms in total. The minimum atomic E-state index is -0.0380. The van der Waals surface area contributed by atoms with Crippen LogP contribution in [0.1, 0.15) is 25.4 Å². The highest BCUT2D eigenvalue weighted by Gasteiger charge is 2.11. The summed E-state index contributed by atoms with van der Waals surface area (Å²) < 4.78 is 1.77. The fourth-order valence-electron chi connectivity index (χ4n) is 1.86. The van der Waals surface area contributed by atoms with Crippen LogP contribution in [-0.2, 0) is 12.2 Å². The van der Waals surface area contributed by atoms with Gasteiger partial charge in [-0.25, -0.2) is 4.98 Å². The summed E-state index contributed by atoms with van der Waals surface area (Å²) in [6.45, 7) is 4.27. The van der Waals surface area contributed by atoms with Gasteiger partial charge in [0.2, 0.25) is 0 Å². The van der Waals surface area contributed by atoms with Crippen LogP contribution in [-0.4, -0.2) is 9.97 Å². The van der Waals surface area contributed by atoms with Gasteiger partial charge < -0.3 is 4.98 Å². The SMILES string of the molecule is CC(C)Cc1nc(CSc2ccccc2Br)[nH]c(=O)c1I. The maximum atomic E-state index is 12.0. The van der Waals surface area contributed by atoms with Gasteiger partial charge in [0.05, 0.1) is 15.0 Å². The molecule has 0 saturated heterocycles. The monoisotopic (exact) mass is 478 g/mol. The molecule has 0 unspecified atom stereocenters. The van der Waals surface area contributed by atoms with Gasteiger partial charge in [0.15, 0.2) is 0 Å². The molecule has 1 N–H and O–H groups in total. The van der Waals surface area contributed by atoms with Crippen molar-refractivity contribution in [2.24, 2.45) is 5.92 Å². The van der Waals surface area contributed by atoms with Crippen molar-refractivity contribution in [3.63, 3.8) is 0 Å². The maximum Gasteiger partial charge on any atom is 0.264 e. The van der Waals surface area contributed by atoms with E-state index in [1.165, 1.54) is 0 Å². The van der Waals surface area contributed by atoms with Crippen molar-refractivity contribution in [2.45, 2.75) is 30.9 Å². The number of rotatable bonds is 5. The Labute approximate surface area is 150 Å². The predicted octanol–water partition coefficient (Wildman–Crippen LogP) is 4.63. The number of benzene rings is 1. The second-order valence-electron chi connectivity index (χ2n) is 5.09. The van der Waals surface area contributed by atoms with E-state index in [2.05, 4.69) is 68.4 Å². The average Bonchev–Trinajstić information content (AvgIpc) is 2.42. The molecule has 2 rings (SSSR count). The van der Waals surface area contributed by atoms with E-state index < -0.39 is 0 Å². The second-order valence-corrected chi connectivity index (χ2v) is 8.04. The summed E-state index contributed by atoms with van der Waals surface area (Å²) in [6, 6.07) is 8.05. The molecular weight excluding hydrogens is 463 g/mol. The first kappa shape index (κ1) is 17.0. The first-order valence-corrected chi connectivity index (χ1v) is 9.48. The molecule has 0 aliphatic carbocycles. The van der Waals surface area contributed by atoms with Crippen LogP contribution >= 0.6 is 50.3 Å². The second kappa shape index (κ2) is 7.78. The third-order valence-corrected chi connectivity index (χ3v) is 5.93. The molecule has 0 bridgehead atoms. The van der Waals surface area contributed by atoms with Crippen molar-refractivity contribution >= 4 is 50.3 Å². The molecule has 1 aromatic heterocycles. The molecule has 0 aliphatic rings. The van der Waals surface area contributed by atoms with Crippen LogP contribution in [0.15, 0.2) is 38.4 Å². The molecule has 1 heterocycles. The highest BCUT2D eigenvalue weighted by atomic mass is 127. The molecule has 0 aliphatic heterocycles. The fraction of sp³-hybridized carbons (Fsp3) is 0.333. The molecule has 0 atom stereocenters. The summed E-state index contributed by atoms with van der Waals surface area (Å²) in [5, 5.41) is 0. The zero-order chi connectivity index (χ0) is 15.4. The van der Waals surface area contributed by atoms with Gasteiger partial charge in [0.1, 0.15) is 5.82 Å². The van der Waals surface area contributed by atoms with Gasteiger partial charge in [-0.15, -0.1) is 11.8 Å². The van der Waals surface area contributed by atoms with Crippen LogP contribution in [0.5, 0.6) is 0 Å². The molecule has 112 valence electrons. The van der Waals surface area contributed by atoms with E-state index in [1.54, 1.807) is 11.8 Å². The number of H-pyrrole nitrogens is 1. The predicted molar refractivity (Wildman–Crippen MR) is 99.8 cm³/mol. The Balaban J connectivity index is 2.19. The number of thioether (sulfide) groups is 1. The minimum absolute atomic E-state index is 0.0380. The highest BCUT2D eigenvalue weighted by molar-refractivity contribution is 14.1. The lowest BCUT2D eigenvalue weighted by Gasteiger charge is -2.09. The summed E-state index contributed by atoms with van der Waals surface area (Å²) in [5.41, 5.74) is 0.862. The largest absolute Gasteiger partial charge is 0.309 e. The fourth-order valence-corrected chi connectivity index (χ4v) is 3.77. The van der Waals surface area contributed by atoms with E-state index in [0.29, 0.717) is 15.2 Å². The summed E-state index contributed by atoms with van der Waals surface area (Å²) >= 11 is 7.27. The minimum Gasteiger partial charge on any atom is -0.309 e. The van der Waals surface area contributed by atoms with Crippen molar-refractivity contribution in [3.05, 3.63) is 54.2 Å². The summed E-state index contributed by atoms with van der Waals surface area (Å²) in [6.07, 6.45) is 0.828. The van der Waals surface area contributed by atoms with E-state index in [4.69, 9.17) is 0 Å². The van der Waals surface area contributed by atoms with Crippen LogP contribution in [0.2, 0.25) is 0 Å². The van der Waals surface area contributed by atoms with Gasteiger partial charge in [-0.2, -0.15) is 0 Å². The quantitative estimate of drug-likeness (QED) is 0.503. The van der Waals surface area contributed by atoms with Crippen LogP contribution in [0.25, 0.3) is 0 Å². The molecule has 2 aromatic rings. The van der Waals surface area contributed by atoms with Crippen LogP contribution < -0.4 is 5.56 Å². The molecular formula is C15H16BrIN2OS. The zero-order valence-corrected chi connectivity index (χ0v) is 16.4. The van der Waals surface area contributed by atoms with Crippen LogP contribution in [0, 0.1) is 9.49 Å². The van der Waals surface area contributed by atoms with E-state index in [-0.39, 0.29) is 5.56 Å². The Kier molecular flexibility index (Phi) is 6.31. The Morgan fingerprint density at radius 2 is 2.10 bits per heavy atom. The number of aromatic amines is 1. The first-order chi connectivity index (χ1) is 9.97. The number of halogens is 2. The standard InChI is InChI=1S/C15H16BrIN2OS/c1-9(2)7-11-14(17)15(20)19-13(18-11)8-21-12-6-4-3-5-10(12)16/h3-6,9H,7-8H2,1-2H3,(H,18,19,20). The molecule has 0 fully saturated rings. The average molecular weight is 479 g/mol. The summed E-state index contributed by atoms with van der Waals surface area (Å²) in [4.78, 5) is 20.6. The molecule has 1 aromatic carbocycles. The van der Waals surface area contributed by atoms with Crippen LogP contribution in [0.3, 0.4) is 0 Å². The molecule has 6 heteroatoms. The van der Waals surface area contributed by atoms with Gasteiger partial charge in [-0.3, -0.25) is 4.79 Å². The third kappa shape index (κ3) is 4.82. The lowest BCUT2D eigenvalue weighted by atomic mass is 10.1.